The van der Waals surface area contributed by atoms with E-state index in [-0.39, 0.29) is 19.0 Å². The summed E-state index contributed by atoms with van der Waals surface area (Å²) in [6.07, 6.45) is -1.11. The number of carbonyl (C=O) groups is 1. The van der Waals surface area contributed by atoms with Crippen LogP contribution in [0.4, 0.5) is 8.78 Å². The number of aliphatic hydroxyl groups is 1. The number of halogens is 2. The Morgan fingerprint density at radius 2 is 2.19 bits per heavy atom. The fourth-order valence-corrected chi connectivity index (χ4v) is 1.74. The molecule has 1 amide bonds. The molecule has 88 valence electrons. The minimum absolute atomic E-state index is 0.311. The Bertz CT molecular complexity index is 411. The highest BCUT2D eigenvalue weighted by molar-refractivity contribution is 5.93. The summed E-state index contributed by atoms with van der Waals surface area (Å²) < 4.78 is 26.3. The van der Waals surface area contributed by atoms with E-state index in [9.17, 15) is 18.7 Å². The molecule has 1 N–H and O–H groups in total. The van der Waals surface area contributed by atoms with Gasteiger partial charge in [0.25, 0.3) is 12.3 Å². The number of rotatable bonds is 2. The van der Waals surface area contributed by atoms with Crippen LogP contribution < -0.4 is 0 Å². The lowest BCUT2D eigenvalue weighted by Crippen LogP contribution is -2.67. The second kappa shape index (κ2) is 3.55. The quantitative estimate of drug-likeness (QED) is 0.803. The van der Waals surface area contributed by atoms with E-state index in [2.05, 4.69) is 0 Å². The molecule has 0 saturated carbocycles. The Kier molecular flexibility index (Phi) is 2.46. The van der Waals surface area contributed by atoms with Crippen LogP contribution in [0.1, 0.15) is 10.5 Å². The molecule has 0 aromatic carbocycles. The fourth-order valence-electron chi connectivity index (χ4n) is 1.74. The number of nitrogens with zero attached hydrogens (tertiary/aromatic N) is 2. The molecule has 0 aliphatic carbocycles. The lowest BCUT2D eigenvalue weighted by Gasteiger charge is -2.45. The van der Waals surface area contributed by atoms with Crippen molar-refractivity contribution in [2.75, 3.05) is 13.1 Å². The van der Waals surface area contributed by atoms with Gasteiger partial charge in [-0.15, -0.1) is 0 Å². The summed E-state index contributed by atoms with van der Waals surface area (Å²) in [7, 11) is 1.70. The van der Waals surface area contributed by atoms with Crippen LogP contribution in [0.3, 0.4) is 0 Å². The molecule has 0 unspecified atom stereocenters. The highest BCUT2D eigenvalue weighted by Gasteiger charge is 2.51. The van der Waals surface area contributed by atoms with Crippen molar-refractivity contribution in [2.24, 2.45) is 7.05 Å². The van der Waals surface area contributed by atoms with Gasteiger partial charge in [-0.05, 0) is 12.1 Å². The van der Waals surface area contributed by atoms with Gasteiger partial charge in [0.05, 0.1) is 13.1 Å². The number of amides is 1. The third-order valence-corrected chi connectivity index (χ3v) is 2.79. The zero-order chi connectivity index (χ0) is 11.9. The molecule has 6 heteroatoms. The number of likely N-dealkylation sites (tertiary alicyclic amines) is 1. The SMILES string of the molecule is Cn1cccc1C(=O)N1CC(O)(C(F)F)C1. The van der Waals surface area contributed by atoms with E-state index in [4.69, 9.17) is 0 Å². The summed E-state index contributed by atoms with van der Waals surface area (Å²) in [5, 5.41) is 9.32. The summed E-state index contributed by atoms with van der Waals surface area (Å²) in [6, 6.07) is 3.31. The third kappa shape index (κ3) is 1.59. The van der Waals surface area contributed by atoms with Gasteiger partial charge in [0, 0.05) is 13.2 Å². The Labute approximate surface area is 91.1 Å². The fraction of sp³-hybridized carbons (Fsp3) is 0.500. The Morgan fingerprint density at radius 1 is 1.56 bits per heavy atom. The van der Waals surface area contributed by atoms with Crippen molar-refractivity contribution in [2.45, 2.75) is 12.0 Å². The first-order chi connectivity index (χ1) is 7.44. The van der Waals surface area contributed by atoms with Crippen molar-refractivity contribution in [3.63, 3.8) is 0 Å². The molecule has 2 rings (SSSR count). The standard InChI is InChI=1S/C10H12F2N2O2/c1-13-4-2-3-7(13)8(15)14-5-10(16,6-14)9(11)12/h2-4,9,16H,5-6H2,1H3. The minimum Gasteiger partial charge on any atom is -0.380 e. The van der Waals surface area contributed by atoms with Crippen LogP contribution in [0, 0.1) is 0 Å². The Morgan fingerprint density at radius 3 is 2.62 bits per heavy atom. The lowest BCUT2D eigenvalue weighted by molar-refractivity contribution is -0.166. The van der Waals surface area contributed by atoms with Crippen molar-refractivity contribution in [3.05, 3.63) is 24.0 Å². The van der Waals surface area contributed by atoms with Gasteiger partial charge in [0.1, 0.15) is 5.69 Å². The molecule has 0 bridgehead atoms. The van der Waals surface area contributed by atoms with Crippen LogP contribution >= 0.6 is 0 Å². The van der Waals surface area contributed by atoms with Gasteiger partial charge in [-0.1, -0.05) is 0 Å². The molecule has 1 aromatic heterocycles. The highest BCUT2D eigenvalue weighted by atomic mass is 19.3. The molecule has 0 spiro atoms. The molecule has 16 heavy (non-hydrogen) atoms. The number of hydrogen-bond donors (Lipinski definition) is 1. The van der Waals surface area contributed by atoms with E-state index in [0.29, 0.717) is 5.69 Å². The van der Waals surface area contributed by atoms with E-state index in [1.165, 1.54) is 4.90 Å². The zero-order valence-corrected chi connectivity index (χ0v) is 8.73. The summed E-state index contributed by atoms with van der Waals surface area (Å²) in [5.74, 6) is -0.335. The monoisotopic (exact) mass is 230 g/mol. The number of hydrogen-bond acceptors (Lipinski definition) is 2. The van der Waals surface area contributed by atoms with Crippen molar-refractivity contribution < 1.29 is 18.7 Å². The van der Waals surface area contributed by atoms with E-state index in [1.807, 2.05) is 0 Å². The first-order valence-electron chi connectivity index (χ1n) is 4.85. The number of aryl methyl sites for hydroxylation is 1. The normalized spacial score (nSPS) is 18.7. The van der Waals surface area contributed by atoms with Crippen molar-refractivity contribution in [1.29, 1.82) is 0 Å². The molecule has 1 aliphatic heterocycles. The number of β-amino-alcohol motifs (C(OH)–C–C–N with tert-alkyl or cyclic N) is 1. The molecule has 2 heterocycles. The molecule has 1 aliphatic rings. The Hall–Kier alpha value is -1.43. The van der Waals surface area contributed by atoms with Crippen molar-refractivity contribution in [3.8, 4) is 0 Å². The Balaban J connectivity index is 2.04. The number of aromatic nitrogens is 1. The van der Waals surface area contributed by atoms with Crippen LogP contribution in [0.25, 0.3) is 0 Å². The molecule has 1 fully saturated rings. The first kappa shape index (κ1) is 11.1. The summed E-state index contributed by atoms with van der Waals surface area (Å²) in [4.78, 5) is 13.0. The second-order valence-electron chi connectivity index (χ2n) is 4.07. The maximum absolute atomic E-state index is 12.3. The van der Waals surface area contributed by atoms with Gasteiger partial charge < -0.3 is 14.6 Å². The van der Waals surface area contributed by atoms with Crippen molar-refractivity contribution >= 4 is 5.91 Å². The van der Waals surface area contributed by atoms with Gasteiger partial charge in [0.15, 0.2) is 5.60 Å². The molecule has 1 saturated heterocycles. The van der Waals surface area contributed by atoms with Gasteiger partial charge >= 0.3 is 0 Å². The van der Waals surface area contributed by atoms with Gasteiger partial charge in [-0.3, -0.25) is 4.79 Å². The van der Waals surface area contributed by atoms with E-state index in [0.717, 1.165) is 0 Å². The topological polar surface area (TPSA) is 45.5 Å². The van der Waals surface area contributed by atoms with Gasteiger partial charge in [-0.25, -0.2) is 8.78 Å². The predicted octanol–water partition coefficient (Wildman–Crippen LogP) is 0.477. The molecule has 0 atom stereocenters. The van der Waals surface area contributed by atoms with Crippen LogP contribution in [0.15, 0.2) is 18.3 Å². The summed E-state index contributed by atoms with van der Waals surface area (Å²) in [5.41, 5.74) is -1.60. The van der Waals surface area contributed by atoms with E-state index >= 15 is 0 Å². The molecular formula is C10H12F2N2O2. The largest absolute Gasteiger partial charge is 0.380 e. The molecule has 1 aromatic rings. The second-order valence-corrected chi connectivity index (χ2v) is 4.07. The maximum atomic E-state index is 12.3. The minimum atomic E-state index is -2.81. The van der Waals surface area contributed by atoms with Crippen LogP contribution in [0.2, 0.25) is 0 Å². The molecule has 0 radical (unpaired) electrons. The van der Waals surface area contributed by atoms with E-state index in [1.54, 1.807) is 29.9 Å². The molecule has 4 nitrogen and oxygen atoms in total. The van der Waals surface area contributed by atoms with Gasteiger partial charge in [-0.2, -0.15) is 0 Å². The predicted molar refractivity (Wildman–Crippen MR) is 52.3 cm³/mol. The number of alkyl halides is 2. The maximum Gasteiger partial charge on any atom is 0.270 e. The average molecular weight is 230 g/mol. The summed E-state index contributed by atoms with van der Waals surface area (Å²) >= 11 is 0. The van der Waals surface area contributed by atoms with Crippen LogP contribution in [-0.2, 0) is 7.05 Å². The number of carbonyl (C=O) groups excluding carboxylic acids is 1. The van der Waals surface area contributed by atoms with Crippen molar-refractivity contribution in [1.82, 2.24) is 9.47 Å². The first-order valence-corrected chi connectivity index (χ1v) is 4.85. The van der Waals surface area contributed by atoms with Crippen LogP contribution in [-0.4, -0.2) is 45.6 Å². The smallest absolute Gasteiger partial charge is 0.270 e. The molecular weight excluding hydrogens is 218 g/mol. The lowest BCUT2D eigenvalue weighted by atomic mass is 9.94. The summed E-state index contributed by atoms with van der Waals surface area (Å²) in [6.45, 7) is -0.622. The highest BCUT2D eigenvalue weighted by Crippen LogP contribution is 2.28. The van der Waals surface area contributed by atoms with Gasteiger partial charge in [0.2, 0.25) is 0 Å². The van der Waals surface area contributed by atoms with E-state index < -0.39 is 12.0 Å². The zero-order valence-electron chi connectivity index (χ0n) is 8.73. The van der Waals surface area contributed by atoms with Crippen LogP contribution in [0.5, 0.6) is 0 Å². The third-order valence-electron chi connectivity index (χ3n) is 2.79. The average Bonchev–Trinajstić information content (AvgIpc) is 2.58.